The summed E-state index contributed by atoms with van der Waals surface area (Å²) in [6, 6.07) is 4.80. The van der Waals surface area contributed by atoms with Crippen LogP contribution < -0.4 is 10.1 Å². The summed E-state index contributed by atoms with van der Waals surface area (Å²) < 4.78 is 14.6. The van der Waals surface area contributed by atoms with Crippen LogP contribution in [-0.4, -0.2) is 38.8 Å². The van der Waals surface area contributed by atoms with Crippen molar-refractivity contribution in [1.29, 1.82) is 0 Å². The minimum absolute atomic E-state index is 0.169. The van der Waals surface area contributed by atoms with Crippen LogP contribution in [0.25, 0.3) is 0 Å². The first-order chi connectivity index (χ1) is 9.56. The Balaban J connectivity index is 2.42. The van der Waals surface area contributed by atoms with Gasteiger partial charge in [0.25, 0.3) is 5.91 Å². The average Bonchev–Trinajstić information content (AvgIpc) is 2.43. The molecule has 1 rings (SSSR count). The number of methoxy groups -OCH3 is 1. The second-order valence-electron chi connectivity index (χ2n) is 3.70. The molecule has 0 saturated heterocycles. The maximum absolute atomic E-state index is 11.6. The predicted molar refractivity (Wildman–Crippen MR) is 74.1 cm³/mol. The number of esters is 1. The predicted octanol–water partition coefficient (Wildman–Crippen LogP) is 1.87. The Kier molecular flexibility index (Phi) is 6.83. The van der Waals surface area contributed by atoms with Gasteiger partial charge in [0.2, 0.25) is 0 Å². The molecule has 0 aliphatic carbocycles. The number of hydrogen-bond acceptors (Lipinski definition) is 5. The summed E-state index contributed by atoms with van der Waals surface area (Å²) in [6.45, 7) is 1.62. The third-order valence-electron chi connectivity index (χ3n) is 2.22. The molecule has 1 N–H and O–H groups in total. The van der Waals surface area contributed by atoms with Crippen molar-refractivity contribution in [3.63, 3.8) is 0 Å². The molecule has 0 bridgehead atoms. The summed E-state index contributed by atoms with van der Waals surface area (Å²) in [7, 11) is 1.50. The SMILES string of the molecule is CCOCC(=O)OCC(=O)Nc1ccc(OC)c(Cl)c1. The Labute approximate surface area is 122 Å². The highest BCUT2D eigenvalue weighted by atomic mass is 35.5. The molecule has 0 atom stereocenters. The lowest BCUT2D eigenvalue weighted by atomic mass is 10.3. The van der Waals surface area contributed by atoms with Crippen molar-refractivity contribution in [2.45, 2.75) is 6.92 Å². The van der Waals surface area contributed by atoms with Crippen LogP contribution in [0.4, 0.5) is 5.69 Å². The molecule has 20 heavy (non-hydrogen) atoms. The number of rotatable bonds is 7. The lowest BCUT2D eigenvalue weighted by Crippen LogP contribution is -2.22. The Morgan fingerprint density at radius 3 is 2.65 bits per heavy atom. The number of nitrogens with one attached hydrogen (secondary N) is 1. The van der Waals surface area contributed by atoms with Gasteiger partial charge in [-0.1, -0.05) is 11.6 Å². The van der Waals surface area contributed by atoms with E-state index in [-0.39, 0.29) is 13.2 Å². The van der Waals surface area contributed by atoms with E-state index in [0.717, 1.165) is 0 Å². The lowest BCUT2D eigenvalue weighted by Gasteiger charge is -2.08. The maximum atomic E-state index is 11.6. The van der Waals surface area contributed by atoms with E-state index in [4.69, 9.17) is 25.8 Å². The van der Waals surface area contributed by atoms with Crippen LogP contribution in [0.3, 0.4) is 0 Å². The van der Waals surface area contributed by atoms with Crippen LogP contribution in [0.1, 0.15) is 6.92 Å². The second-order valence-corrected chi connectivity index (χ2v) is 4.10. The number of carbonyl (C=O) groups excluding carboxylic acids is 2. The smallest absolute Gasteiger partial charge is 0.332 e. The molecule has 110 valence electrons. The molecule has 0 spiro atoms. The first-order valence-electron chi connectivity index (χ1n) is 5.93. The average molecular weight is 302 g/mol. The summed E-state index contributed by atoms with van der Waals surface area (Å²) in [4.78, 5) is 22.7. The van der Waals surface area contributed by atoms with Crippen LogP contribution in [0.5, 0.6) is 5.75 Å². The van der Waals surface area contributed by atoms with E-state index in [9.17, 15) is 9.59 Å². The molecule has 0 heterocycles. The summed E-state index contributed by atoms with van der Waals surface area (Å²) >= 11 is 5.92. The molecule has 0 radical (unpaired) electrons. The van der Waals surface area contributed by atoms with Gasteiger partial charge in [-0.3, -0.25) is 4.79 Å². The molecular formula is C13H16ClNO5. The van der Waals surface area contributed by atoms with Gasteiger partial charge in [0, 0.05) is 12.3 Å². The molecule has 0 unspecified atom stereocenters. The van der Waals surface area contributed by atoms with Gasteiger partial charge in [-0.05, 0) is 25.1 Å². The van der Waals surface area contributed by atoms with Crippen molar-refractivity contribution in [3.8, 4) is 5.75 Å². The molecule has 1 amide bonds. The van der Waals surface area contributed by atoms with Gasteiger partial charge in [0.15, 0.2) is 6.61 Å². The summed E-state index contributed by atoms with van der Waals surface area (Å²) in [5, 5.41) is 2.92. The highest BCUT2D eigenvalue weighted by Gasteiger charge is 2.09. The topological polar surface area (TPSA) is 73.9 Å². The van der Waals surface area contributed by atoms with Gasteiger partial charge in [-0.15, -0.1) is 0 Å². The number of hydrogen-bond donors (Lipinski definition) is 1. The van der Waals surface area contributed by atoms with Crippen LogP contribution >= 0.6 is 11.6 Å². The number of anilines is 1. The van der Waals surface area contributed by atoms with Crippen LogP contribution in [0.15, 0.2) is 18.2 Å². The van der Waals surface area contributed by atoms with Gasteiger partial charge in [0.05, 0.1) is 12.1 Å². The molecule has 0 fully saturated rings. The second kappa shape index (κ2) is 8.39. The monoisotopic (exact) mass is 301 g/mol. The van der Waals surface area contributed by atoms with Gasteiger partial charge in [0.1, 0.15) is 12.4 Å². The van der Waals surface area contributed by atoms with E-state index in [1.807, 2.05) is 0 Å². The fourth-order valence-corrected chi connectivity index (χ4v) is 1.57. The van der Waals surface area contributed by atoms with E-state index in [2.05, 4.69) is 5.32 Å². The standard InChI is InChI=1S/C13H16ClNO5/c1-3-19-8-13(17)20-7-12(16)15-9-4-5-11(18-2)10(14)6-9/h4-6H,3,7-8H2,1-2H3,(H,15,16). The van der Waals surface area contributed by atoms with Crippen molar-refractivity contribution in [1.82, 2.24) is 0 Å². The van der Waals surface area contributed by atoms with E-state index in [1.165, 1.54) is 7.11 Å². The first-order valence-corrected chi connectivity index (χ1v) is 6.31. The summed E-state index contributed by atoms with van der Waals surface area (Å²) in [5.74, 6) is -0.543. The van der Waals surface area contributed by atoms with Crippen molar-refractivity contribution in [2.24, 2.45) is 0 Å². The highest BCUT2D eigenvalue weighted by molar-refractivity contribution is 6.32. The zero-order valence-corrected chi connectivity index (χ0v) is 12.0. The Bertz CT molecular complexity index is 478. The Hall–Kier alpha value is -1.79. The van der Waals surface area contributed by atoms with Crippen LogP contribution in [-0.2, 0) is 19.1 Å². The maximum Gasteiger partial charge on any atom is 0.332 e. The van der Waals surface area contributed by atoms with Crippen LogP contribution in [0.2, 0.25) is 5.02 Å². The van der Waals surface area contributed by atoms with E-state index in [0.29, 0.717) is 23.1 Å². The van der Waals surface area contributed by atoms with Crippen LogP contribution in [0, 0.1) is 0 Å². The fourth-order valence-electron chi connectivity index (χ4n) is 1.31. The largest absolute Gasteiger partial charge is 0.495 e. The zero-order valence-electron chi connectivity index (χ0n) is 11.3. The molecule has 0 aliphatic rings. The highest BCUT2D eigenvalue weighted by Crippen LogP contribution is 2.27. The molecule has 1 aromatic rings. The van der Waals surface area contributed by atoms with E-state index >= 15 is 0 Å². The summed E-state index contributed by atoms with van der Waals surface area (Å²) in [5.41, 5.74) is 0.488. The van der Waals surface area contributed by atoms with Crippen molar-refractivity contribution in [2.75, 3.05) is 32.2 Å². The molecule has 7 heteroatoms. The number of amides is 1. The molecule has 0 aliphatic heterocycles. The Morgan fingerprint density at radius 1 is 1.30 bits per heavy atom. The lowest BCUT2D eigenvalue weighted by molar-refractivity contribution is -0.151. The minimum Gasteiger partial charge on any atom is -0.495 e. The quantitative estimate of drug-likeness (QED) is 0.778. The van der Waals surface area contributed by atoms with Gasteiger partial charge in [-0.2, -0.15) is 0 Å². The molecule has 1 aromatic carbocycles. The number of ether oxygens (including phenoxy) is 3. The van der Waals surface area contributed by atoms with Crippen molar-refractivity contribution < 1.29 is 23.8 Å². The van der Waals surface area contributed by atoms with Crippen molar-refractivity contribution >= 4 is 29.2 Å². The van der Waals surface area contributed by atoms with E-state index < -0.39 is 11.9 Å². The van der Waals surface area contributed by atoms with Gasteiger partial charge < -0.3 is 19.5 Å². The Morgan fingerprint density at radius 2 is 2.05 bits per heavy atom. The normalized spacial score (nSPS) is 9.95. The number of halogens is 1. The molecule has 0 saturated carbocycles. The minimum atomic E-state index is -0.588. The summed E-state index contributed by atoms with van der Waals surface area (Å²) in [6.07, 6.45) is 0. The number of carbonyl (C=O) groups is 2. The van der Waals surface area contributed by atoms with E-state index in [1.54, 1.807) is 25.1 Å². The third kappa shape index (κ3) is 5.46. The first kappa shape index (κ1) is 16.3. The van der Waals surface area contributed by atoms with Gasteiger partial charge in [-0.25, -0.2) is 4.79 Å². The molecule has 0 aromatic heterocycles. The third-order valence-corrected chi connectivity index (χ3v) is 2.52. The van der Waals surface area contributed by atoms with Gasteiger partial charge >= 0.3 is 5.97 Å². The zero-order chi connectivity index (χ0) is 15.0. The number of benzene rings is 1. The molecule has 6 nitrogen and oxygen atoms in total. The molecular weight excluding hydrogens is 286 g/mol. The van der Waals surface area contributed by atoms with Crippen molar-refractivity contribution in [3.05, 3.63) is 23.2 Å². The fraction of sp³-hybridized carbons (Fsp3) is 0.385.